The normalized spacial score (nSPS) is 12.7. The molecule has 0 saturated heterocycles. The van der Waals surface area contributed by atoms with E-state index in [2.05, 4.69) is 41.3 Å². The molecule has 0 bridgehead atoms. The van der Waals surface area contributed by atoms with Crippen LogP contribution in [-0.4, -0.2) is 24.2 Å². The molecule has 1 heterocycles. The van der Waals surface area contributed by atoms with Crippen LogP contribution in [0, 0.1) is 0 Å². The van der Waals surface area contributed by atoms with Gasteiger partial charge in [0.25, 0.3) is 0 Å². The number of carboxylic acids is 1. The zero-order valence-electron chi connectivity index (χ0n) is 10.9. The van der Waals surface area contributed by atoms with E-state index in [1.807, 2.05) is 0 Å². The zero-order valence-corrected chi connectivity index (χ0v) is 12.6. The van der Waals surface area contributed by atoms with Gasteiger partial charge in [0.2, 0.25) is 0 Å². The first-order valence-corrected chi connectivity index (χ1v) is 6.49. The molecule has 1 aromatic carbocycles. The number of rotatable bonds is 6. The lowest BCUT2D eigenvalue weighted by Gasteiger charge is -2.28. The number of carbonyl (C=O) groups is 1. The van der Waals surface area contributed by atoms with Gasteiger partial charge in [-0.2, -0.15) is 0 Å². The molecule has 0 aromatic heterocycles. The number of carboxylic acid groups (broad SMARTS) is 1. The van der Waals surface area contributed by atoms with Crippen molar-refractivity contribution in [3.8, 4) is 0 Å². The monoisotopic (exact) mass is 325 g/mol. The van der Waals surface area contributed by atoms with Gasteiger partial charge in [0, 0.05) is 25.2 Å². The Morgan fingerprint density at radius 1 is 1.21 bits per heavy atom. The van der Waals surface area contributed by atoms with Gasteiger partial charge in [0.15, 0.2) is 0 Å². The second-order valence-corrected chi connectivity index (χ2v) is 4.61. The van der Waals surface area contributed by atoms with Gasteiger partial charge in [-0.25, -0.2) is 0 Å². The minimum atomic E-state index is -0.693. The van der Waals surface area contributed by atoms with E-state index < -0.39 is 5.97 Å². The third kappa shape index (κ3) is 4.71. The Labute approximate surface area is 124 Å². The van der Waals surface area contributed by atoms with Crippen molar-refractivity contribution < 1.29 is 9.90 Å². The Morgan fingerprint density at radius 2 is 2.00 bits per heavy atom. The second kappa shape index (κ2) is 8.00. The molecule has 0 spiro atoms. The lowest BCUT2D eigenvalue weighted by molar-refractivity contribution is -0.137. The minimum absolute atomic E-state index is 0. The van der Waals surface area contributed by atoms with E-state index in [9.17, 15) is 4.79 Å². The lowest BCUT2D eigenvalue weighted by Crippen LogP contribution is -2.27. The number of hydrogen-bond acceptors (Lipinski definition) is 2. The Hall–Kier alpha value is -1.29. The van der Waals surface area contributed by atoms with Gasteiger partial charge in [-0.1, -0.05) is 36.8 Å². The molecule has 0 saturated carbocycles. The van der Waals surface area contributed by atoms with E-state index in [0.29, 0.717) is 0 Å². The Balaban J connectivity index is 0.00000180. The molecule has 0 unspecified atom stereocenters. The molecule has 19 heavy (non-hydrogen) atoms. The highest BCUT2D eigenvalue weighted by molar-refractivity contribution is 8.93. The van der Waals surface area contributed by atoms with Crippen LogP contribution < -0.4 is 4.90 Å². The van der Waals surface area contributed by atoms with Crippen molar-refractivity contribution in [2.75, 3.05) is 18.0 Å². The number of hydrogen-bond donors (Lipinski definition) is 1. The van der Waals surface area contributed by atoms with Crippen molar-refractivity contribution in [3.63, 3.8) is 0 Å². The molecule has 0 atom stereocenters. The molecule has 0 fully saturated rings. The summed E-state index contributed by atoms with van der Waals surface area (Å²) in [4.78, 5) is 12.8. The van der Waals surface area contributed by atoms with Crippen LogP contribution in [0.5, 0.6) is 0 Å². The third-order valence-corrected chi connectivity index (χ3v) is 3.22. The molecule has 0 radical (unpaired) electrons. The lowest BCUT2D eigenvalue weighted by atomic mass is 10.1. The quantitative estimate of drug-likeness (QED) is 0.810. The number of fused-ring (bicyclic) bond motifs is 1. The number of nitrogens with zero attached hydrogens (tertiary/aromatic N) is 1. The highest BCUT2D eigenvalue weighted by atomic mass is 79.9. The molecular formula is C15H20BrNO2. The molecule has 4 heteroatoms. The van der Waals surface area contributed by atoms with Crippen molar-refractivity contribution in [2.45, 2.75) is 25.7 Å². The molecule has 2 rings (SSSR count). The van der Waals surface area contributed by atoms with Gasteiger partial charge in [-0.05, 0) is 24.5 Å². The summed E-state index contributed by atoms with van der Waals surface area (Å²) in [6.45, 7) is 1.96. The highest BCUT2D eigenvalue weighted by Crippen LogP contribution is 2.25. The summed E-state index contributed by atoms with van der Waals surface area (Å²) in [6.07, 6.45) is 7.44. The molecule has 1 aliphatic heterocycles. The van der Waals surface area contributed by atoms with Crippen LogP contribution in [0.15, 0.2) is 30.3 Å². The fourth-order valence-corrected chi connectivity index (χ4v) is 2.29. The molecule has 0 aliphatic carbocycles. The van der Waals surface area contributed by atoms with Crippen molar-refractivity contribution in [1.82, 2.24) is 0 Å². The predicted molar refractivity (Wildman–Crippen MR) is 84.1 cm³/mol. The van der Waals surface area contributed by atoms with Crippen LogP contribution in [0.4, 0.5) is 5.69 Å². The molecular weight excluding hydrogens is 306 g/mol. The van der Waals surface area contributed by atoms with Crippen LogP contribution in [0.2, 0.25) is 0 Å². The molecule has 1 aromatic rings. The first kappa shape index (κ1) is 15.8. The number of unbranched alkanes of at least 4 members (excludes halogenated alkanes) is 2. The molecule has 1 N–H and O–H groups in total. The third-order valence-electron chi connectivity index (χ3n) is 3.22. The molecule has 1 aliphatic rings. The standard InChI is InChI=1S/C15H19NO2.BrH/c17-15(18)10-2-1-5-11-16-12-6-8-13-7-3-4-9-14(13)16;/h3-4,6-9H,1-2,5,10-12H2,(H,17,18);1H. The Morgan fingerprint density at radius 3 is 2.79 bits per heavy atom. The topological polar surface area (TPSA) is 40.5 Å². The highest BCUT2D eigenvalue weighted by Gasteiger charge is 2.11. The SMILES string of the molecule is Br.O=C(O)CCCCCN1CC=Cc2ccccc21. The van der Waals surface area contributed by atoms with Crippen LogP contribution in [0.1, 0.15) is 31.2 Å². The second-order valence-electron chi connectivity index (χ2n) is 4.61. The number of benzene rings is 1. The predicted octanol–water partition coefficient (Wildman–Crippen LogP) is 3.74. The van der Waals surface area contributed by atoms with Crippen molar-refractivity contribution >= 4 is 34.7 Å². The molecule has 0 amide bonds. The Bertz CT molecular complexity index is 446. The number of aliphatic carboxylic acids is 1. The van der Waals surface area contributed by atoms with E-state index in [1.54, 1.807) is 0 Å². The fourth-order valence-electron chi connectivity index (χ4n) is 2.29. The molecule has 3 nitrogen and oxygen atoms in total. The summed E-state index contributed by atoms with van der Waals surface area (Å²) in [5.41, 5.74) is 2.56. The van der Waals surface area contributed by atoms with Crippen molar-refractivity contribution in [1.29, 1.82) is 0 Å². The summed E-state index contributed by atoms with van der Waals surface area (Å²) in [5.74, 6) is -0.693. The average Bonchev–Trinajstić information content (AvgIpc) is 2.38. The first-order chi connectivity index (χ1) is 8.77. The summed E-state index contributed by atoms with van der Waals surface area (Å²) in [7, 11) is 0. The van der Waals surface area contributed by atoms with Gasteiger partial charge < -0.3 is 10.0 Å². The van der Waals surface area contributed by atoms with E-state index in [1.165, 1.54) is 11.3 Å². The maximum absolute atomic E-state index is 10.4. The van der Waals surface area contributed by atoms with Crippen molar-refractivity contribution in [2.24, 2.45) is 0 Å². The maximum atomic E-state index is 10.4. The van der Waals surface area contributed by atoms with Crippen molar-refractivity contribution in [3.05, 3.63) is 35.9 Å². The van der Waals surface area contributed by atoms with Crippen LogP contribution in [0.3, 0.4) is 0 Å². The first-order valence-electron chi connectivity index (χ1n) is 6.49. The van der Waals surface area contributed by atoms with Crippen LogP contribution in [-0.2, 0) is 4.79 Å². The van der Waals surface area contributed by atoms with E-state index in [0.717, 1.165) is 32.4 Å². The average molecular weight is 326 g/mol. The van der Waals surface area contributed by atoms with Gasteiger partial charge >= 0.3 is 5.97 Å². The smallest absolute Gasteiger partial charge is 0.303 e. The number of halogens is 1. The zero-order chi connectivity index (χ0) is 12.8. The summed E-state index contributed by atoms with van der Waals surface area (Å²) in [5, 5.41) is 8.57. The van der Waals surface area contributed by atoms with Crippen LogP contribution >= 0.6 is 17.0 Å². The van der Waals surface area contributed by atoms with Gasteiger partial charge in [-0.15, -0.1) is 17.0 Å². The minimum Gasteiger partial charge on any atom is -0.481 e. The number of para-hydroxylation sites is 1. The summed E-state index contributed by atoms with van der Waals surface area (Å²) < 4.78 is 0. The fraction of sp³-hybridized carbons (Fsp3) is 0.400. The number of anilines is 1. The maximum Gasteiger partial charge on any atom is 0.303 e. The Kier molecular flexibility index (Phi) is 6.64. The van der Waals surface area contributed by atoms with Gasteiger partial charge in [0.1, 0.15) is 0 Å². The van der Waals surface area contributed by atoms with E-state index in [-0.39, 0.29) is 23.4 Å². The largest absolute Gasteiger partial charge is 0.481 e. The summed E-state index contributed by atoms with van der Waals surface area (Å²) >= 11 is 0. The summed E-state index contributed by atoms with van der Waals surface area (Å²) in [6, 6.07) is 8.40. The van der Waals surface area contributed by atoms with Gasteiger partial charge in [-0.3, -0.25) is 4.79 Å². The van der Waals surface area contributed by atoms with E-state index >= 15 is 0 Å². The molecule has 104 valence electrons. The van der Waals surface area contributed by atoms with E-state index in [4.69, 9.17) is 5.11 Å². The van der Waals surface area contributed by atoms with Crippen LogP contribution in [0.25, 0.3) is 6.08 Å². The van der Waals surface area contributed by atoms with Gasteiger partial charge in [0.05, 0.1) is 0 Å².